The fourth-order valence-electron chi connectivity index (χ4n) is 1.02. The highest BCUT2D eigenvalue weighted by molar-refractivity contribution is 5.18. The molecule has 0 aliphatic heterocycles. The van der Waals surface area contributed by atoms with Crippen LogP contribution in [-0.4, -0.2) is 5.48 Å². The van der Waals surface area contributed by atoms with Gasteiger partial charge in [-0.05, 0) is 17.9 Å². The third-order valence-corrected chi connectivity index (χ3v) is 1.98. The summed E-state index contributed by atoms with van der Waals surface area (Å²) in [5.41, 5.74) is 1.45. The molecule has 1 atom stereocenters. The Morgan fingerprint density at radius 3 is 2.18 bits per heavy atom. The molecule has 0 aliphatic rings. The topological polar surface area (TPSA) is 31.5 Å². The molecule has 2 N–H and O–H groups in total. The van der Waals surface area contributed by atoms with Crippen molar-refractivity contribution in [2.24, 2.45) is 0 Å². The molecule has 62 valence electrons. The van der Waals surface area contributed by atoms with Crippen LogP contribution in [0.5, 0.6) is 0 Å². The van der Waals surface area contributed by atoms with E-state index in [1.807, 2.05) is 0 Å². The molecule has 0 unspecified atom stereocenters. The smallest absolute Gasteiger partial charge is 0.0193 e. The van der Waals surface area contributed by atoms with Gasteiger partial charge in [0.15, 0.2) is 0 Å². The van der Waals surface area contributed by atoms with Gasteiger partial charge in [-0.2, -0.15) is 0 Å². The van der Waals surface area contributed by atoms with E-state index in [2.05, 4.69) is 44.2 Å². The van der Waals surface area contributed by atoms with Gasteiger partial charge in [0.05, 0.1) is 0 Å². The summed E-state index contributed by atoms with van der Waals surface area (Å²) in [7, 11) is 0. The van der Waals surface area contributed by atoms with E-state index in [1.165, 1.54) is 12.0 Å². The van der Waals surface area contributed by atoms with E-state index in [9.17, 15) is 0 Å². The molecular weight excluding hydrogens is 136 g/mol. The average molecular weight is 152 g/mol. The Hall–Kier alpha value is -0.820. The molecule has 0 heterocycles. The maximum absolute atomic E-state index is 2.26. The lowest BCUT2D eigenvalue weighted by atomic mass is 9.99. The van der Waals surface area contributed by atoms with Crippen molar-refractivity contribution in [3.63, 3.8) is 0 Å². The van der Waals surface area contributed by atoms with E-state index < -0.39 is 0 Å². The van der Waals surface area contributed by atoms with Gasteiger partial charge in [0.2, 0.25) is 0 Å². The number of rotatable bonds is 2. The summed E-state index contributed by atoms with van der Waals surface area (Å²) in [4.78, 5) is 0. The van der Waals surface area contributed by atoms with Gasteiger partial charge in [-0.1, -0.05) is 44.2 Å². The van der Waals surface area contributed by atoms with E-state index in [1.54, 1.807) is 0 Å². The second-order valence-corrected chi connectivity index (χ2v) is 2.72. The largest absolute Gasteiger partial charge is 0.412 e. The molecule has 0 saturated carbocycles. The Morgan fingerprint density at radius 2 is 1.73 bits per heavy atom. The second-order valence-electron chi connectivity index (χ2n) is 2.72. The van der Waals surface area contributed by atoms with Crippen molar-refractivity contribution in [2.75, 3.05) is 0 Å². The highest BCUT2D eigenvalue weighted by Gasteiger charge is 1.98. The van der Waals surface area contributed by atoms with Gasteiger partial charge in [-0.15, -0.1) is 0 Å². The van der Waals surface area contributed by atoms with Crippen molar-refractivity contribution in [1.29, 1.82) is 0 Å². The molecule has 1 aromatic carbocycles. The van der Waals surface area contributed by atoms with Gasteiger partial charge < -0.3 is 5.48 Å². The van der Waals surface area contributed by atoms with Gasteiger partial charge in [-0.3, -0.25) is 0 Å². The van der Waals surface area contributed by atoms with Crippen LogP contribution in [0.15, 0.2) is 30.3 Å². The van der Waals surface area contributed by atoms with Crippen molar-refractivity contribution in [3.05, 3.63) is 35.9 Å². The summed E-state index contributed by atoms with van der Waals surface area (Å²) in [6.45, 7) is 4.48. The zero-order chi connectivity index (χ0) is 7.40. The van der Waals surface area contributed by atoms with E-state index in [0.29, 0.717) is 5.92 Å². The summed E-state index contributed by atoms with van der Waals surface area (Å²) in [6.07, 6.45) is 1.23. The molecule has 0 spiro atoms. The van der Waals surface area contributed by atoms with Crippen LogP contribution < -0.4 is 0 Å². The minimum atomic E-state index is 0. The predicted octanol–water partition coefficient (Wildman–Crippen LogP) is 2.38. The molecule has 0 aliphatic carbocycles. The van der Waals surface area contributed by atoms with Crippen LogP contribution in [0.1, 0.15) is 31.7 Å². The Morgan fingerprint density at radius 1 is 1.18 bits per heavy atom. The monoisotopic (exact) mass is 152 g/mol. The van der Waals surface area contributed by atoms with E-state index in [4.69, 9.17) is 0 Å². The van der Waals surface area contributed by atoms with Crippen molar-refractivity contribution in [2.45, 2.75) is 26.2 Å². The third-order valence-electron chi connectivity index (χ3n) is 1.98. The first kappa shape index (κ1) is 10.2. The van der Waals surface area contributed by atoms with E-state index >= 15 is 0 Å². The molecule has 1 heteroatoms. The molecule has 0 radical (unpaired) electrons. The van der Waals surface area contributed by atoms with Gasteiger partial charge in [0, 0.05) is 0 Å². The Kier molecular flexibility index (Phi) is 4.55. The van der Waals surface area contributed by atoms with Crippen molar-refractivity contribution in [1.82, 2.24) is 0 Å². The number of hydrogen-bond donors (Lipinski definition) is 0. The minimum Gasteiger partial charge on any atom is -0.412 e. The highest BCUT2D eigenvalue weighted by atomic mass is 16.0. The fraction of sp³-hybridized carbons (Fsp3) is 0.400. The molecule has 1 aromatic rings. The molecular formula is C10H16O. The van der Waals surface area contributed by atoms with Gasteiger partial charge >= 0.3 is 0 Å². The second kappa shape index (κ2) is 4.91. The van der Waals surface area contributed by atoms with Gasteiger partial charge in [0.25, 0.3) is 0 Å². The first-order chi connectivity index (χ1) is 4.84. The molecule has 0 fully saturated rings. The Bertz CT molecular complexity index is 181. The van der Waals surface area contributed by atoms with Crippen LogP contribution in [0, 0.1) is 0 Å². The SMILES string of the molecule is CC[C@@H](C)c1ccccc1.O. The molecule has 0 bridgehead atoms. The number of benzene rings is 1. The summed E-state index contributed by atoms with van der Waals surface area (Å²) < 4.78 is 0. The molecule has 0 aromatic heterocycles. The zero-order valence-electron chi connectivity index (χ0n) is 7.17. The predicted molar refractivity (Wildman–Crippen MR) is 48.8 cm³/mol. The third kappa shape index (κ3) is 2.72. The Balaban J connectivity index is 0.000001000. The van der Waals surface area contributed by atoms with Gasteiger partial charge in [-0.25, -0.2) is 0 Å². The van der Waals surface area contributed by atoms with Crippen LogP contribution in [0.2, 0.25) is 0 Å². The zero-order valence-corrected chi connectivity index (χ0v) is 7.17. The molecule has 0 amide bonds. The van der Waals surface area contributed by atoms with Crippen LogP contribution in [0.25, 0.3) is 0 Å². The van der Waals surface area contributed by atoms with Crippen molar-refractivity contribution in [3.8, 4) is 0 Å². The standard InChI is InChI=1S/C10H14.H2O/c1-3-9(2)10-7-5-4-6-8-10;/h4-9H,3H2,1-2H3;1H2/t9-;/m1./s1. The normalized spacial score (nSPS) is 11.8. The van der Waals surface area contributed by atoms with Crippen LogP contribution in [0.4, 0.5) is 0 Å². The first-order valence-corrected chi connectivity index (χ1v) is 3.89. The quantitative estimate of drug-likeness (QED) is 0.623. The fourth-order valence-corrected chi connectivity index (χ4v) is 1.02. The molecule has 0 saturated heterocycles. The lowest BCUT2D eigenvalue weighted by Crippen LogP contribution is -1.88. The summed E-state index contributed by atoms with van der Waals surface area (Å²) >= 11 is 0. The van der Waals surface area contributed by atoms with Gasteiger partial charge in [0.1, 0.15) is 0 Å². The Labute approximate surface area is 68.4 Å². The first-order valence-electron chi connectivity index (χ1n) is 3.89. The van der Waals surface area contributed by atoms with E-state index in [-0.39, 0.29) is 5.48 Å². The van der Waals surface area contributed by atoms with Crippen molar-refractivity contribution < 1.29 is 5.48 Å². The molecule has 1 rings (SSSR count). The number of hydrogen-bond acceptors (Lipinski definition) is 0. The summed E-state index contributed by atoms with van der Waals surface area (Å²) in [5.74, 6) is 0.709. The summed E-state index contributed by atoms with van der Waals surface area (Å²) in [6, 6.07) is 10.6. The maximum Gasteiger partial charge on any atom is -0.0193 e. The highest BCUT2D eigenvalue weighted by Crippen LogP contribution is 2.16. The van der Waals surface area contributed by atoms with Crippen LogP contribution in [-0.2, 0) is 0 Å². The minimum absolute atomic E-state index is 0. The van der Waals surface area contributed by atoms with E-state index in [0.717, 1.165) is 0 Å². The van der Waals surface area contributed by atoms with Crippen LogP contribution >= 0.6 is 0 Å². The molecule has 11 heavy (non-hydrogen) atoms. The molecule has 1 nitrogen and oxygen atoms in total. The average Bonchev–Trinajstić information content (AvgIpc) is 2.05. The maximum atomic E-state index is 2.26. The van der Waals surface area contributed by atoms with Crippen LogP contribution in [0.3, 0.4) is 0 Å². The lowest BCUT2D eigenvalue weighted by Gasteiger charge is -2.06. The summed E-state index contributed by atoms with van der Waals surface area (Å²) in [5, 5.41) is 0. The van der Waals surface area contributed by atoms with Crippen molar-refractivity contribution >= 4 is 0 Å². The lowest BCUT2D eigenvalue weighted by molar-refractivity contribution is 0.733.